The molecule has 0 aliphatic heterocycles. The Morgan fingerprint density at radius 1 is 1.00 bits per heavy atom. The summed E-state index contributed by atoms with van der Waals surface area (Å²) in [6.07, 6.45) is 1.67. The van der Waals surface area contributed by atoms with Crippen molar-refractivity contribution in [3.63, 3.8) is 0 Å². The van der Waals surface area contributed by atoms with Crippen molar-refractivity contribution >= 4 is 29.2 Å². The molecule has 0 saturated heterocycles. The van der Waals surface area contributed by atoms with Crippen LogP contribution in [0.5, 0.6) is 11.5 Å². The van der Waals surface area contributed by atoms with Gasteiger partial charge in [0, 0.05) is 10.4 Å². The lowest BCUT2D eigenvalue weighted by atomic mass is 10.0. The molecule has 2 N–H and O–H groups in total. The molecule has 1 heterocycles. The molecule has 166 valence electrons. The lowest BCUT2D eigenvalue weighted by Crippen LogP contribution is -2.36. The van der Waals surface area contributed by atoms with Gasteiger partial charge in [-0.15, -0.1) is 11.3 Å². The maximum absolute atomic E-state index is 13.1. The number of methoxy groups -OCH3 is 2. The molecule has 1 unspecified atom stereocenters. The Bertz CT molecular complexity index is 1120. The van der Waals surface area contributed by atoms with Crippen molar-refractivity contribution in [2.24, 2.45) is 0 Å². The van der Waals surface area contributed by atoms with E-state index in [4.69, 9.17) is 9.47 Å². The second-order valence-corrected chi connectivity index (χ2v) is 8.13. The molecule has 0 aliphatic rings. The zero-order valence-corrected chi connectivity index (χ0v) is 19.3. The molecule has 6 nitrogen and oxygen atoms in total. The van der Waals surface area contributed by atoms with Crippen LogP contribution in [0, 0.1) is 6.92 Å². The van der Waals surface area contributed by atoms with Gasteiger partial charge in [0.25, 0.3) is 11.8 Å². The van der Waals surface area contributed by atoms with E-state index in [2.05, 4.69) is 10.6 Å². The van der Waals surface area contributed by atoms with Crippen molar-refractivity contribution in [2.75, 3.05) is 14.2 Å². The molecule has 0 aliphatic carbocycles. The van der Waals surface area contributed by atoms with E-state index in [-0.39, 0.29) is 17.6 Å². The first kappa shape index (κ1) is 23.1. The molecule has 0 radical (unpaired) electrons. The Balaban J connectivity index is 1.84. The fraction of sp³-hybridized carbons (Fsp3) is 0.200. The van der Waals surface area contributed by atoms with E-state index >= 15 is 0 Å². The smallest absolute Gasteiger partial charge is 0.268 e. The summed E-state index contributed by atoms with van der Waals surface area (Å²) in [6.45, 7) is 3.92. The lowest BCUT2D eigenvalue weighted by molar-refractivity contribution is -0.118. The zero-order valence-electron chi connectivity index (χ0n) is 18.5. The van der Waals surface area contributed by atoms with E-state index in [0.717, 1.165) is 16.0 Å². The number of rotatable bonds is 8. The normalized spacial score (nSPS) is 12.1. The first-order chi connectivity index (χ1) is 15.4. The van der Waals surface area contributed by atoms with Crippen LogP contribution in [0.25, 0.3) is 6.08 Å². The number of amides is 2. The van der Waals surface area contributed by atoms with Crippen LogP contribution in [0.15, 0.2) is 65.7 Å². The lowest BCUT2D eigenvalue weighted by Gasteiger charge is -2.18. The van der Waals surface area contributed by atoms with Crippen LogP contribution < -0.4 is 20.1 Å². The quantitative estimate of drug-likeness (QED) is 0.487. The van der Waals surface area contributed by atoms with Gasteiger partial charge in [0.1, 0.15) is 5.70 Å². The van der Waals surface area contributed by atoms with Gasteiger partial charge in [-0.2, -0.15) is 0 Å². The molecule has 3 rings (SSSR count). The van der Waals surface area contributed by atoms with Crippen molar-refractivity contribution in [3.05, 3.63) is 87.2 Å². The van der Waals surface area contributed by atoms with Crippen LogP contribution in [0.1, 0.15) is 39.3 Å². The zero-order chi connectivity index (χ0) is 23.1. The number of hydrogen-bond acceptors (Lipinski definition) is 5. The third kappa shape index (κ3) is 5.56. The number of hydrogen-bond donors (Lipinski definition) is 2. The topological polar surface area (TPSA) is 76.7 Å². The Labute approximate surface area is 191 Å². The summed E-state index contributed by atoms with van der Waals surface area (Å²) in [5.74, 6) is 0.153. The molecule has 1 aromatic heterocycles. The maximum Gasteiger partial charge on any atom is 0.268 e. The minimum Gasteiger partial charge on any atom is -0.493 e. The fourth-order valence-electron chi connectivity index (χ4n) is 3.27. The van der Waals surface area contributed by atoms with Crippen LogP contribution in [0.2, 0.25) is 0 Å². The number of carbonyl (C=O) groups excluding carboxylic acids is 2. The number of thiophene rings is 1. The Morgan fingerprint density at radius 2 is 1.75 bits per heavy atom. The Morgan fingerprint density at radius 3 is 2.41 bits per heavy atom. The number of ether oxygens (including phenoxy) is 2. The summed E-state index contributed by atoms with van der Waals surface area (Å²) in [6, 6.07) is 16.3. The molecule has 0 fully saturated rings. The first-order valence-corrected chi connectivity index (χ1v) is 11.0. The predicted molar refractivity (Wildman–Crippen MR) is 127 cm³/mol. The molecule has 3 aromatic rings. The summed E-state index contributed by atoms with van der Waals surface area (Å²) in [7, 11) is 3.03. The van der Waals surface area contributed by atoms with Crippen LogP contribution in [0.4, 0.5) is 0 Å². The number of benzene rings is 2. The van der Waals surface area contributed by atoms with E-state index in [0.29, 0.717) is 17.1 Å². The minimum absolute atomic E-state index is 0.160. The van der Waals surface area contributed by atoms with E-state index in [1.165, 1.54) is 25.6 Å². The predicted octanol–water partition coefficient (Wildman–Crippen LogP) is 4.72. The second kappa shape index (κ2) is 10.6. The summed E-state index contributed by atoms with van der Waals surface area (Å²) < 4.78 is 10.5. The van der Waals surface area contributed by atoms with Crippen molar-refractivity contribution < 1.29 is 19.1 Å². The third-order valence-corrected chi connectivity index (χ3v) is 5.79. The van der Waals surface area contributed by atoms with Crippen LogP contribution in [0.3, 0.4) is 0 Å². The molecule has 0 saturated carbocycles. The van der Waals surface area contributed by atoms with Gasteiger partial charge < -0.3 is 20.1 Å². The number of nitrogens with one attached hydrogen (secondary N) is 2. The summed E-state index contributed by atoms with van der Waals surface area (Å²) in [5.41, 5.74) is 2.60. The minimum atomic E-state index is -0.424. The van der Waals surface area contributed by atoms with E-state index in [9.17, 15) is 9.59 Å². The average Bonchev–Trinajstić information content (AvgIpc) is 3.31. The van der Waals surface area contributed by atoms with Gasteiger partial charge in [0.15, 0.2) is 11.5 Å². The van der Waals surface area contributed by atoms with Crippen molar-refractivity contribution in [1.82, 2.24) is 10.6 Å². The standard InChI is InChI=1S/C25H26N2O4S/c1-16-8-5-6-10-20(16)17(2)26-25(29)21(15-19-9-7-13-32-19)27-24(28)18-11-12-22(30-3)23(14-18)31-4/h5-15,17H,1-4H3,(H,26,29)(H,27,28)/b21-15-. The van der Waals surface area contributed by atoms with Gasteiger partial charge in [-0.05, 0) is 60.7 Å². The molecular weight excluding hydrogens is 424 g/mol. The molecule has 0 bridgehead atoms. The Kier molecular flexibility index (Phi) is 7.68. The molecule has 2 amide bonds. The van der Waals surface area contributed by atoms with Crippen molar-refractivity contribution in [2.45, 2.75) is 19.9 Å². The number of aryl methyl sites for hydroxylation is 1. The van der Waals surface area contributed by atoms with Crippen LogP contribution >= 0.6 is 11.3 Å². The molecule has 0 spiro atoms. The molecule has 2 aromatic carbocycles. The summed E-state index contributed by atoms with van der Waals surface area (Å²) in [4.78, 5) is 26.9. The van der Waals surface area contributed by atoms with E-state index in [1.54, 1.807) is 24.3 Å². The van der Waals surface area contributed by atoms with Crippen molar-refractivity contribution in [1.29, 1.82) is 0 Å². The van der Waals surface area contributed by atoms with Gasteiger partial charge >= 0.3 is 0 Å². The highest BCUT2D eigenvalue weighted by Gasteiger charge is 2.19. The van der Waals surface area contributed by atoms with Gasteiger partial charge in [0.05, 0.1) is 20.3 Å². The van der Waals surface area contributed by atoms with E-state index in [1.807, 2.05) is 55.6 Å². The van der Waals surface area contributed by atoms with Crippen LogP contribution in [-0.4, -0.2) is 26.0 Å². The number of carbonyl (C=O) groups is 2. The average molecular weight is 451 g/mol. The molecule has 1 atom stereocenters. The maximum atomic E-state index is 13.1. The summed E-state index contributed by atoms with van der Waals surface area (Å²) in [5, 5.41) is 7.65. The van der Waals surface area contributed by atoms with Crippen LogP contribution in [-0.2, 0) is 4.79 Å². The summed E-state index contributed by atoms with van der Waals surface area (Å²) >= 11 is 1.48. The van der Waals surface area contributed by atoms with Gasteiger partial charge in [-0.3, -0.25) is 9.59 Å². The van der Waals surface area contributed by atoms with E-state index < -0.39 is 5.91 Å². The fourth-order valence-corrected chi connectivity index (χ4v) is 3.93. The second-order valence-electron chi connectivity index (χ2n) is 7.15. The highest BCUT2D eigenvalue weighted by atomic mass is 32.1. The molecular formula is C25H26N2O4S. The SMILES string of the molecule is COc1ccc(C(=O)N/C(=C\c2cccs2)C(=O)NC(C)c2ccccc2C)cc1OC. The van der Waals surface area contributed by atoms with Crippen molar-refractivity contribution in [3.8, 4) is 11.5 Å². The molecule has 32 heavy (non-hydrogen) atoms. The highest BCUT2D eigenvalue weighted by molar-refractivity contribution is 7.10. The Hall–Kier alpha value is -3.58. The largest absolute Gasteiger partial charge is 0.493 e. The monoisotopic (exact) mass is 450 g/mol. The third-order valence-electron chi connectivity index (χ3n) is 4.97. The molecule has 7 heteroatoms. The van der Waals surface area contributed by atoms with Gasteiger partial charge in [0.2, 0.25) is 0 Å². The van der Waals surface area contributed by atoms with Gasteiger partial charge in [-0.25, -0.2) is 0 Å². The highest BCUT2D eigenvalue weighted by Crippen LogP contribution is 2.27. The van der Waals surface area contributed by atoms with Gasteiger partial charge in [-0.1, -0.05) is 30.3 Å². The first-order valence-electron chi connectivity index (χ1n) is 10.1.